The number of benzene rings is 1. The third-order valence-electron chi connectivity index (χ3n) is 4.77. The van der Waals surface area contributed by atoms with Crippen LogP contribution in [0.4, 0.5) is 5.69 Å². The average Bonchev–Trinajstić information content (AvgIpc) is 3.17. The molecule has 0 radical (unpaired) electrons. The van der Waals surface area contributed by atoms with Crippen molar-refractivity contribution in [1.29, 1.82) is 0 Å². The normalized spacial score (nSPS) is 20.9. The highest BCUT2D eigenvalue weighted by molar-refractivity contribution is 5.83. The van der Waals surface area contributed by atoms with Gasteiger partial charge >= 0.3 is 0 Å². The lowest BCUT2D eigenvalue weighted by atomic mass is 10.2. The summed E-state index contributed by atoms with van der Waals surface area (Å²) < 4.78 is 0. The summed E-state index contributed by atoms with van der Waals surface area (Å²) in [6.45, 7) is 4.53. The van der Waals surface area contributed by atoms with E-state index in [4.69, 9.17) is 0 Å². The molecule has 0 spiro atoms. The number of amides is 2. The van der Waals surface area contributed by atoms with Crippen molar-refractivity contribution in [2.45, 2.75) is 25.3 Å². The zero-order valence-electron chi connectivity index (χ0n) is 14.0. The number of para-hydroxylation sites is 1. The summed E-state index contributed by atoms with van der Waals surface area (Å²) in [4.78, 5) is 28.4. The van der Waals surface area contributed by atoms with Crippen molar-refractivity contribution in [2.24, 2.45) is 0 Å². The minimum atomic E-state index is -0.0745. The quantitative estimate of drug-likeness (QED) is 0.830. The van der Waals surface area contributed by atoms with E-state index in [-0.39, 0.29) is 17.9 Å². The fourth-order valence-electron chi connectivity index (χ4n) is 3.34. The van der Waals surface area contributed by atoms with E-state index >= 15 is 0 Å². The molecule has 2 aliphatic heterocycles. The lowest BCUT2D eigenvalue weighted by Crippen LogP contribution is -2.49. The van der Waals surface area contributed by atoms with Crippen LogP contribution < -0.4 is 15.5 Å². The van der Waals surface area contributed by atoms with E-state index in [0.717, 1.165) is 45.6 Å². The Morgan fingerprint density at radius 3 is 2.54 bits per heavy atom. The SMILES string of the molecule is O=C(NCCC(=O)N1CCN(c2ccccc2)CC1)C1CCCN1. The molecular formula is C18H26N4O2. The summed E-state index contributed by atoms with van der Waals surface area (Å²) in [7, 11) is 0. The molecule has 0 aromatic heterocycles. The minimum Gasteiger partial charge on any atom is -0.368 e. The van der Waals surface area contributed by atoms with Gasteiger partial charge in [-0.1, -0.05) is 18.2 Å². The van der Waals surface area contributed by atoms with Gasteiger partial charge in [0.1, 0.15) is 0 Å². The van der Waals surface area contributed by atoms with E-state index < -0.39 is 0 Å². The highest BCUT2D eigenvalue weighted by atomic mass is 16.2. The molecular weight excluding hydrogens is 304 g/mol. The molecule has 1 aromatic carbocycles. The maximum absolute atomic E-state index is 12.3. The standard InChI is InChI=1S/C18H26N4O2/c23-17(8-10-20-18(24)16-7-4-9-19-16)22-13-11-21(12-14-22)15-5-2-1-3-6-15/h1-3,5-6,16,19H,4,7-14H2,(H,20,24). The van der Waals surface area contributed by atoms with Crippen molar-refractivity contribution < 1.29 is 9.59 Å². The van der Waals surface area contributed by atoms with Gasteiger partial charge < -0.3 is 20.4 Å². The molecule has 0 saturated carbocycles. The molecule has 6 heteroatoms. The summed E-state index contributed by atoms with van der Waals surface area (Å²) in [5, 5.41) is 6.04. The molecule has 6 nitrogen and oxygen atoms in total. The first-order valence-corrected chi connectivity index (χ1v) is 8.83. The van der Waals surface area contributed by atoms with Gasteiger partial charge in [-0.05, 0) is 31.5 Å². The fraction of sp³-hybridized carbons (Fsp3) is 0.556. The Hall–Kier alpha value is -2.08. The molecule has 2 amide bonds. The van der Waals surface area contributed by atoms with Crippen molar-refractivity contribution in [3.8, 4) is 0 Å². The number of piperazine rings is 1. The van der Waals surface area contributed by atoms with Crippen molar-refractivity contribution in [1.82, 2.24) is 15.5 Å². The molecule has 130 valence electrons. The van der Waals surface area contributed by atoms with E-state index in [2.05, 4.69) is 27.7 Å². The maximum Gasteiger partial charge on any atom is 0.237 e. The van der Waals surface area contributed by atoms with Crippen LogP contribution in [0.25, 0.3) is 0 Å². The van der Waals surface area contributed by atoms with E-state index in [1.165, 1.54) is 5.69 Å². The van der Waals surface area contributed by atoms with Crippen LogP contribution in [0, 0.1) is 0 Å². The summed E-state index contributed by atoms with van der Waals surface area (Å²) >= 11 is 0. The van der Waals surface area contributed by atoms with Crippen LogP contribution in [-0.4, -0.2) is 62.0 Å². The van der Waals surface area contributed by atoms with Gasteiger partial charge in [0.2, 0.25) is 11.8 Å². The number of hydrogen-bond donors (Lipinski definition) is 2. The average molecular weight is 330 g/mol. The third-order valence-corrected chi connectivity index (χ3v) is 4.77. The Kier molecular flexibility index (Phi) is 5.69. The number of rotatable bonds is 5. The number of carbonyl (C=O) groups is 2. The van der Waals surface area contributed by atoms with Gasteiger partial charge in [0.05, 0.1) is 6.04 Å². The van der Waals surface area contributed by atoms with E-state index in [1.807, 2.05) is 23.1 Å². The van der Waals surface area contributed by atoms with Gasteiger partial charge in [0, 0.05) is 44.8 Å². The Bertz CT molecular complexity index is 549. The van der Waals surface area contributed by atoms with Crippen LogP contribution in [0.5, 0.6) is 0 Å². The van der Waals surface area contributed by atoms with Gasteiger partial charge in [-0.2, -0.15) is 0 Å². The lowest BCUT2D eigenvalue weighted by Gasteiger charge is -2.36. The molecule has 2 fully saturated rings. The molecule has 0 bridgehead atoms. The van der Waals surface area contributed by atoms with Gasteiger partial charge in [-0.3, -0.25) is 9.59 Å². The topological polar surface area (TPSA) is 64.7 Å². The largest absolute Gasteiger partial charge is 0.368 e. The second-order valence-electron chi connectivity index (χ2n) is 6.39. The maximum atomic E-state index is 12.3. The molecule has 1 unspecified atom stereocenters. The van der Waals surface area contributed by atoms with Gasteiger partial charge in [0.15, 0.2) is 0 Å². The number of nitrogens with zero attached hydrogens (tertiary/aromatic N) is 2. The zero-order valence-corrected chi connectivity index (χ0v) is 14.0. The molecule has 1 atom stereocenters. The third kappa shape index (κ3) is 4.26. The lowest BCUT2D eigenvalue weighted by molar-refractivity contribution is -0.131. The summed E-state index contributed by atoms with van der Waals surface area (Å²) in [5.74, 6) is 0.150. The van der Waals surface area contributed by atoms with Gasteiger partial charge in [-0.15, -0.1) is 0 Å². The summed E-state index contributed by atoms with van der Waals surface area (Å²) in [6, 6.07) is 10.2. The van der Waals surface area contributed by atoms with E-state index in [9.17, 15) is 9.59 Å². The number of hydrogen-bond acceptors (Lipinski definition) is 4. The zero-order chi connectivity index (χ0) is 16.8. The van der Waals surface area contributed by atoms with Crippen molar-refractivity contribution >= 4 is 17.5 Å². The second-order valence-corrected chi connectivity index (χ2v) is 6.39. The Morgan fingerprint density at radius 1 is 1.12 bits per heavy atom. The van der Waals surface area contributed by atoms with Crippen molar-refractivity contribution in [3.05, 3.63) is 30.3 Å². The summed E-state index contributed by atoms with van der Waals surface area (Å²) in [5.41, 5.74) is 1.21. The Morgan fingerprint density at radius 2 is 1.88 bits per heavy atom. The minimum absolute atomic E-state index is 0.0224. The predicted molar refractivity (Wildman–Crippen MR) is 93.9 cm³/mol. The predicted octanol–water partition coefficient (Wildman–Crippen LogP) is 0.594. The molecule has 0 aliphatic carbocycles. The Labute approximate surface area is 143 Å². The van der Waals surface area contributed by atoms with Gasteiger partial charge in [-0.25, -0.2) is 0 Å². The van der Waals surface area contributed by atoms with E-state index in [0.29, 0.717) is 13.0 Å². The molecule has 1 aromatic rings. The second kappa shape index (κ2) is 8.15. The molecule has 3 rings (SSSR count). The molecule has 2 aliphatic rings. The first kappa shape index (κ1) is 16.8. The van der Waals surface area contributed by atoms with Crippen LogP contribution in [-0.2, 0) is 9.59 Å². The van der Waals surface area contributed by atoms with Crippen molar-refractivity contribution in [3.63, 3.8) is 0 Å². The number of anilines is 1. The first-order chi connectivity index (χ1) is 11.7. The highest BCUT2D eigenvalue weighted by Gasteiger charge is 2.23. The van der Waals surface area contributed by atoms with Crippen LogP contribution in [0.15, 0.2) is 30.3 Å². The van der Waals surface area contributed by atoms with Crippen molar-refractivity contribution in [2.75, 3.05) is 44.2 Å². The van der Waals surface area contributed by atoms with Gasteiger partial charge in [0.25, 0.3) is 0 Å². The van der Waals surface area contributed by atoms with Crippen LogP contribution >= 0.6 is 0 Å². The molecule has 2 saturated heterocycles. The first-order valence-electron chi connectivity index (χ1n) is 8.83. The smallest absolute Gasteiger partial charge is 0.237 e. The highest BCUT2D eigenvalue weighted by Crippen LogP contribution is 2.15. The van der Waals surface area contributed by atoms with Crippen LogP contribution in [0.1, 0.15) is 19.3 Å². The fourth-order valence-corrected chi connectivity index (χ4v) is 3.34. The van der Waals surface area contributed by atoms with Crippen LogP contribution in [0.3, 0.4) is 0 Å². The molecule has 2 N–H and O–H groups in total. The summed E-state index contributed by atoms with van der Waals surface area (Å²) in [6.07, 6.45) is 2.31. The van der Waals surface area contributed by atoms with E-state index in [1.54, 1.807) is 0 Å². The number of nitrogens with one attached hydrogen (secondary N) is 2. The monoisotopic (exact) mass is 330 g/mol. The molecule has 24 heavy (non-hydrogen) atoms. The molecule has 2 heterocycles. The Balaban J connectivity index is 1.37. The van der Waals surface area contributed by atoms with Crippen LogP contribution in [0.2, 0.25) is 0 Å². The number of carbonyl (C=O) groups excluding carboxylic acids is 2.